The van der Waals surface area contributed by atoms with Gasteiger partial charge in [-0.3, -0.25) is 0 Å². The van der Waals surface area contributed by atoms with E-state index in [9.17, 15) is 0 Å². The summed E-state index contributed by atoms with van der Waals surface area (Å²) in [6, 6.07) is 0. The first-order valence-electron chi connectivity index (χ1n) is 5.79. The molecule has 5 nitrogen and oxygen atoms in total. The second kappa shape index (κ2) is 7.11. The van der Waals surface area contributed by atoms with E-state index in [-0.39, 0.29) is 0 Å². The second-order valence-electron chi connectivity index (χ2n) is 4.00. The zero-order valence-electron chi connectivity index (χ0n) is 10.7. The molecular weight excluding hydrogens is 234 g/mol. The van der Waals surface area contributed by atoms with Crippen LogP contribution in [0.25, 0.3) is 0 Å². The summed E-state index contributed by atoms with van der Waals surface area (Å²) in [5, 5.41) is 6.08. The van der Waals surface area contributed by atoms with E-state index >= 15 is 0 Å². The molecule has 6 heteroatoms. The number of rotatable bonds is 6. The number of hydrogen-bond acceptors (Lipinski definition) is 4. The summed E-state index contributed by atoms with van der Waals surface area (Å²) in [5.74, 6) is 0.498. The van der Waals surface area contributed by atoms with Crippen LogP contribution >= 0.6 is 11.3 Å². The minimum Gasteiger partial charge on any atom is -0.370 e. The van der Waals surface area contributed by atoms with E-state index in [1.165, 1.54) is 0 Å². The monoisotopic (exact) mass is 255 g/mol. The summed E-state index contributed by atoms with van der Waals surface area (Å²) in [7, 11) is 3.96. The lowest BCUT2D eigenvalue weighted by Gasteiger charge is -2.05. The third-order valence-electron chi connectivity index (χ3n) is 2.17. The molecule has 17 heavy (non-hydrogen) atoms. The highest BCUT2D eigenvalue weighted by Gasteiger charge is 2.02. The topological polar surface area (TPSA) is 66.5 Å². The quantitative estimate of drug-likeness (QED) is 0.458. The van der Waals surface area contributed by atoms with E-state index in [1.54, 1.807) is 11.3 Å². The Morgan fingerprint density at radius 2 is 2.35 bits per heavy atom. The van der Waals surface area contributed by atoms with Crippen LogP contribution in [0.1, 0.15) is 25.5 Å². The molecule has 0 aromatic carbocycles. The van der Waals surface area contributed by atoms with Crippen LogP contribution in [-0.4, -0.2) is 31.6 Å². The molecule has 0 saturated heterocycles. The molecule has 0 aliphatic heterocycles. The Balaban J connectivity index is 2.39. The number of nitrogens with one attached hydrogen (secondary N) is 1. The van der Waals surface area contributed by atoms with Gasteiger partial charge in [0.15, 0.2) is 11.1 Å². The molecule has 0 spiro atoms. The molecule has 96 valence electrons. The summed E-state index contributed by atoms with van der Waals surface area (Å²) in [5.41, 5.74) is 6.69. The Morgan fingerprint density at radius 3 is 2.94 bits per heavy atom. The average molecular weight is 255 g/mol. The summed E-state index contributed by atoms with van der Waals surface area (Å²) in [4.78, 5) is 10.7. The smallest absolute Gasteiger partial charge is 0.188 e. The Bertz CT molecular complexity index is 358. The van der Waals surface area contributed by atoms with Crippen molar-refractivity contribution in [2.45, 2.75) is 26.3 Å². The largest absolute Gasteiger partial charge is 0.370 e. The van der Waals surface area contributed by atoms with E-state index in [2.05, 4.69) is 22.2 Å². The Kier molecular flexibility index (Phi) is 5.76. The maximum absolute atomic E-state index is 5.73. The molecule has 1 rings (SSSR count). The van der Waals surface area contributed by atoms with Gasteiger partial charge < -0.3 is 16.0 Å². The first kappa shape index (κ1) is 13.8. The number of aliphatic imine (C=N–C) groups is 1. The molecule has 1 heterocycles. The molecule has 0 aliphatic rings. The van der Waals surface area contributed by atoms with Crippen molar-refractivity contribution in [3.8, 4) is 0 Å². The molecule has 0 saturated carbocycles. The number of unbranched alkanes of at least 4 members (excludes halogenated alkanes) is 1. The number of hydrogen-bond donors (Lipinski definition) is 2. The molecule has 0 aliphatic carbocycles. The molecular formula is C11H21N5S. The van der Waals surface area contributed by atoms with Crippen molar-refractivity contribution in [3.63, 3.8) is 0 Å². The Hall–Kier alpha value is -1.30. The predicted octanol–water partition coefficient (Wildman–Crippen LogP) is 1.41. The van der Waals surface area contributed by atoms with E-state index in [0.717, 1.165) is 30.2 Å². The fourth-order valence-corrected chi connectivity index (χ4v) is 1.94. The number of thiazole rings is 1. The van der Waals surface area contributed by atoms with E-state index in [0.29, 0.717) is 12.5 Å². The molecule has 0 unspecified atom stereocenters. The Morgan fingerprint density at radius 1 is 1.59 bits per heavy atom. The summed E-state index contributed by atoms with van der Waals surface area (Å²) in [6.07, 6.45) is 2.26. The third-order valence-corrected chi connectivity index (χ3v) is 3.23. The van der Waals surface area contributed by atoms with Crippen LogP contribution in [0.5, 0.6) is 0 Å². The number of aromatic nitrogens is 1. The van der Waals surface area contributed by atoms with Crippen LogP contribution in [0.3, 0.4) is 0 Å². The van der Waals surface area contributed by atoms with Gasteiger partial charge >= 0.3 is 0 Å². The van der Waals surface area contributed by atoms with E-state index in [1.807, 2.05) is 24.4 Å². The maximum atomic E-state index is 5.73. The number of guanidine groups is 1. The molecule has 0 amide bonds. The normalized spacial score (nSPS) is 11.6. The van der Waals surface area contributed by atoms with Gasteiger partial charge in [-0.05, 0) is 6.42 Å². The molecule has 0 radical (unpaired) electrons. The first-order valence-corrected chi connectivity index (χ1v) is 6.67. The minimum atomic E-state index is 0.498. The van der Waals surface area contributed by atoms with Crippen molar-refractivity contribution in [1.82, 2.24) is 10.3 Å². The maximum Gasteiger partial charge on any atom is 0.188 e. The minimum absolute atomic E-state index is 0.498. The lowest BCUT2D eigenvalue weighted by molar-refractivity contribution is 0.747. The zero-order chi connectivity index (χ0) is 12.7. The van der Waals surface area contributed by atoms with Crippen molar-refractivity contribution < 1.29 is 0 Å². The molecule has 3 N–H and O–H groups in total. The van der Waals surface area contributed by atoms with Crippen molar-refractivity contribution in [1.29, 1.82) is 0 Å². The predicted molar refractivity (Wildman–Crippen MR) is 74.7 cm³/mol. The van der Waals surface area contributed by atoms with Crippen LogP contribution in [0.15, 0.2) is 10.4 Å². The highest BCUT2D eigenvalue weighted by molar-refractivity contribution is 7.13. The van der Waals surface area contributed by atoms with Gasteiger partial charge in [0.2, 0.25) is 0 Å². The lowest BCUT2D eigenvalue weighted by atomic mass is 10.3. The zero-order valence-corrected chi connectivity index (χ0v) is 11.5. The van der Waals surface area contributed by atoms with Gasteiger partial charge in [0.05, 0.1) is 12.2 Å². The average Bonchev–Trinajstić information content (AvgIpc) is 2.75. The van der Waals surface area contributed by atoms with Gasteiger partial charge in [-0.15, -0.1) is 11.3 Å². The Labute approximate surface area is 107 Å². The SMILES string of the molecule is CCCCNC(N)=NCc1csc(N(C)C)n1. The van der Waals surface area contributed by atoms with Gasteiger partial charge in [-0.1, -0.05) is 13.3 Å². The van der Waals surface area contributed by atoms with Gasteiger partial charge in [0, 0.05) is 26.0 Å². The van der Waals surface area contributed by atoms with Crippen molar-refractivity contribution >= 4 is 22.4 Å². The number of anilines is 1. The van der Waals surface area contributed by atoms with Crippen LogP contribution < -0.4 is 16.0 Å². The fourth-order valence-electron chi connectivity index (χ4n) is 1.19. The molecule has 0 fully saturated rings. The van der Waals surface area contributed by atoms with Gasteiger partial charge in [0.1, 0.15) is 0 Å². The summed E-state index contributed by atoms with van der Waals surface area (Å²) in [6.45, 7) is 3.56. The van der Waals surface area contributed by atoms with E-state index in [4.69, 9.17) is 5.73 Å². The van der Waals surface area contributed by atoms with Crippen LogP contribution in [0.2, 0.25) is 0 Å². The summed E-state index contributed by atoms with van der Waals surface area (Å²) >= 11 is 1.62. The molecule has 1 aromatic heterocycles. The van der Waals surface area contributed by atoms with Gasteiger partial charge in [-0.2, -0.15) is 0 Å². The van der Waals surface area contributed by atoms with Crippen LogP contribution in [-0.2, 0) is 6.54 Å². The fraction of sp³-hybridized carbons (Fsp3) is 0.636. The number of nitrogens with zero attached hydrogens (tertiary/aromatic N) is 3. The highest BCUT2D eigenvalue weighted by atomic mass is 32.1. The first-order chi connectivity index (χ1) is 8.13. The second-order valence-corrected chi connectivity index (χ2v) is 4.83. The van der Waals surface area contributed by atoms with Crippen LogP contribution in [0, 0.1) is 0 Å². The standard InChI is InChI=1S/C11H21N5S/c1-4-5-6-13-10(12)14-7-9-8-17-11(15-9)16(2)3/h8H,4-7H2,1-3H3,(H3,12,13,14). The lowest BCUT2D eigenvalue weighted by Crippen LogP contribution is -2.32. The van der Waals surface area contributed by atoms with Gasteiger partial charge in [0.25, 0.3) is 0 Å². The van der Waals surface area contributed by atoms with Crippen molar-refractivity contribution in [2.24, 2.45) is 10.7 Å². The third kappa shape index (κ3) is 5.04. The van der Waals surface area contributed by atoms with Gasteiger partial charge in [-0.25, -0.2) is 9.98 Å². The molecule has 0 bridgehead atoms. The summed E-state index contributed by atoms with van der Waals surface area (Å²) < 4.78 is 0. The van der Waals surface area contributed by atoms with Crippen molar-refractivity contribution in [3.05, 3.63) is 11.1 Å². The van der Waals surface area contributed by atoms with Crippen LogP contribution in [0.4, 0.5) is 5.13 Å². The highest BCUT2D eigenvalue weighted by Crippen LogP contribution is 2.18. The number of nitrogens with two attached hydrogens (primary N) is 1. The van der Waals surface area contributed by atoms with E-state index < -0.39 is 0 Å². The molecule has 1 aromatic rings. The van der Waals surface area contributed by atoms with Crippen molar-refractivity contribution in [2.75, 3.05) is 25.5 Å². The molecule has 0 atom stereocenters.